The number of hydrogen-bond acceptors (Lipinski definition) is 7. The Labute approximate surface area is 194 Å². The number of pyridine rings is 2. The average Bonchev–Trinajstić information content (AvgIpc) is 3.70. The fourth-order valence-corrected chi connectivity index (χ4v) is 4.45. The van der Waals surface area contributed by atoms with E-state index in [1.807, 2.05) is 12.1 Å². The highest BCUT2D eigenvalue weighted by molar-refractivity contribution is 5.67. The summed E-state index contributed by atoms with van der Waals surface area (Å²) in [7, 11) is 0. The second-order valence-corrected chi connectivity index (χ2v) is 8.58. The maximum absolute atomic E-state index is 13.1. The fourth-order valence-electron chi connectivity index (χ4n) is 4.45. The van der Waals surface area contributed by atoms with Crippen molar-refractivity contribution in [3.05, 3.63) is 66.0 Å². The van der Waals surface area contributed by atoms with Gasteiger partial charge in [0.2, 0.25) is 5.95 Å². The SMILES string of the molecule is N#Cc1cnc(N2CCC(N(c3ccc(C(F)(F)F)nc3)c3cnccc3C3CC3)CC2)nc1. The quantitative estimate of drug-likeness (QED) is 0.533. The van der Waals surface area contributed by atoms with Crippen molar-refractivity contribution in [1.29, 1.82) is 5.26 Å². The van der Waals surface area contributed by atoms with Crippen LogP contribution < -0.4 is 9.80 Å². The minimum absolute atomic E-state index is 0.0508. The Bertz CT molecular complexity index is 1180. The van der Waals surface area contributed by atoms with Gasteiger partial charge in [-0.05, 0) is 55.4 Å². The first-order chi connectivity index (χ1) is 16.4. The molecule has 0 unspecified atom stereocenters. The van der Waals surface area contributed by atoms with Crippen LogP contribution in [0.4, 0.5) is 30.5 Å². The standard InChI is InChI=1S/C24H22F3N7/c25-24(26,27)22-4-3-19(14-30-22)34(21-15-29-8-5-20(21)17-1-2-17)18-6-9-33(10-7-18)23-31-12-16(11-28)13-32-23/h3-5,8,12-15,17-18H,1-2,6-7,9-10H2. The highest BCUT2D eigenvalue weighted by Gasteiger charge is 2.35. The Balaban J connectivity index is 1.43. The van der Waals surface area contributed by atoms with Crippen molar-refractivity contribution in [2.45, 2.75) is 43.8 Å². The van der Waals surface area contributed by atoms with E-state index < -0.39 is 11.9 Å². The molecule has 34 heavy (non-hydrogen) atoms. The number of aromatic nitrogens is 4. The Morgan fingerprint density at radius 1 is 0.941 bits per heavy atom. The highest BCUT2D eigenvalue weighted by Crippen LogP contribution is 2.46. The molecule has 5 rings (SSSR count). The maximum atomic E-state index is 13.1. The lowest BCUT2D eigenvalue weighted by Crippen LogP contribution is -2.44. The molecule has 1 saturated carbocycles. The number of halogens is 3. The van der Waals surface area contributed by atoms with Gasteiger partial charge in [-0.1, -0.05) is 0 Å². The summed E-state index contributed by atoms with van der Waals surface area (Å²) in [6.07, 6.45) is 7.12. The van der Waals surface area contributed by atoms with Gasteiger partial charge >= 0.3 is 6.18 Å². The van der Waals surface area contributed by atoms with Gasteiger partial charge in [-0.2, -0.15) is 18.4 Å². The predicted molar refractivity (Wildman–Crippen MR) is 120 cm³/mol. The molecule has 2 aliphatic rings. The van der Waals surface area contributed by atoms with Gasteiger partial charge < -0.3 is 9.80 Å². The summed E-state index contributed by atoms with van der Waals surface area (Å²) in [4.78, 5) is 20.8. The van der Waals surface area contributed by atoms with Crippen molar-refractivity contribution < 1.29 is 13.2 Å². The molecule has 7 nitrogen and oxygen atoms in total. The van der Waals surface area contributed by atoms with Crippen LogP contribution >= 0.6 is 0 Å². The third-order valence-electron chi connectivity index (χ3n) is 6.31. The number of nitriles is 1. The summed E-state index contributed by atoms with van der Waals surface area (Å²) in [6.45, 7) is 1.36. The number of alkyl halides is 3. The molecule has 3 aromatic rings. The normalized spacial score (nSPS) is 16.8. The first kappa shape index (κ1) is 22.1. The predicted octanol–water partition coefficient (Wildman–Crippen LogP) is 4.84. The van der Waals surface area contributed by atoms with E-state index in [-0.39, 0.29) is 6.04 Å². The summed E-state index contributed by atoms with van der Waals surface area (Å²) >= 11 is 0. The minimum atomic E-state index is -4.48. The van der Waals surface area contributed by atoms with Crippen molar-refractivity contribution in [2.75, 3.05) is 22.9 Å². The summed E-state index contributed by atoms with van der Waals surface area (Å²) in [6, 6.07) is 6.61. The van der Waals surface area contributed by atoms with Gasteiger partial charge in [0.25, 0.3) is 0 Å². The van der Waals surface area contributed by atoms with Gasteiger partial charge in [-0.3, -0.25) is 4.98 Å². The first-order valence-electron chi connectivity index (χ1n) is 11.2. The minimum Gasteiger partial charge on any atom is -0.341 e. The van der Waals surface area contributed by atoms with E-state index in [0.29, 0.717) is 36.2 Å². The van der Waals surface area contributed by atoms with Crippen molar-refractivity contribution in [2.24, 2.45) is 0 Å². The smallest absolute Gasteiger partial charge is 0.341 e. The van der Waals surface area contributed by atoms with Crippen LogP contribution in [0.1, 0.15) is 48.4 Å². The van der Waals surface area contributed by atoms with Crippen LogP contribution in [-0.4, -0.2) is 39.1 Å². The third kappa shape index (κ3) is 4.51. The second kappa shape index (κ2) is 8.89. The van der Waals surface area contributed by atoms with Crippen LogP contribution in [0.25, 0.3) is 0 Å². The Morgan fingerprint density at radius 2 is 1.68 bits per heavy atom. The molecular weight excluding hydrogens is 443 g/mol. The van der Waals surface area contributed by atoms with E-state index in [9.17, 15) is 13.2 Å². The zero-order valence-corrected chi connectivity index (χ0v) is 18.3. The van der Waals surface area contributed by atoms with Gasteiger partial charge in [0.15, 0.2) is 0 Å². The van der Waals surface area contributed by atoms with Gasteiger partial charge in [0.1, 0.15) is 11.8 Å². The maximum Gasteiger partial charge on any atom is 0.433 e. The number of nitrogens with zero attached hydrogens (tertiary/aromatic N) is 7. The largest absolute Gasteiger partial charge is 0.433 e. The molecule has 10 heteroatoms. The van der Waals surface area contributed by atoms with Crippen molar-refractivity contribution in [1.82, 2.24) is 19.9 Å². The van der Waals surface area contributed by atoms with E-state index in [1.54, 1.807) is 12.4 Å². The molecule has 1 saturated heterocycles. The summed E-state index contributed by atoms with van der Waals surface area (Å²) in [5, 5.41) is 8.96. The monoisotopic (exact) mass is 465 g/mol. The molecule has 1 aliphatic carbocycles. The van der Waals surface area contributed by atoms with Crippen LogP contribution in [0.2, 0.25) is 0 Å². The van der Waals surface area contributed by atoms with Gasteiger partial charge in [0, 0.05) is 25.3 Å². The fraction of sp³-hybridized carbons (Fsp3) is 0.375. The van der Waals surface area contributed by atoms with E-state index in [0.717, 1.165) is 37.4 Å². The highest BCUT2D eigenvalue weighted by atomic mass is 19.4. The first-order valence-corrected chi connectivity index (χ1v) is 11.2. The lowest BCUT2D eigenvalue weighted by Gasteiger charge is -2.40. The zero-order chi connectivity index (χ0) is 23.7. The van der Waals surface area contributed by atoms with E-state index >= 15 is 0 Å². The molecular formula is C24H22F3N7. The molecule has 0 bridgehead atoms. The molecule has 0 amide bonds. The molecule has 0 atom stereocenters. The van der Waals surface area contributed by atoms with Gasteiger partial charge in [0.05, 0.1) is 41.7 Å². The van der Waals surface area contributed by atoms with Crippen molar-refractivity contribution in [3.63, 3.8) is 0 Å². The Kier molecular flexibility index (Phi) is 5.77. The molecule has 0 spiro atoms. The third-order valence-corrected chi connectivity index (χ3v) is 6.31. The second-order valence-electron chi connectivity index (χ2n) is 8.58. The summed E-state index contributed by atoms with van der Waals surface area (Å²) in [5.74, 6) is 1.02. The van der Waals surface area contributed by atoms with Crippen molar-refractivity contribution in [3.8, 4) is 6.07 Å². The molecule has 0 radical (unpaired) electrons. The van der Waals surface area contributed by atoms with Crippen LogP contribution in [0.5, 0.6) is 0 Å². The zero-order valence-electron chi connectivity index (χ0n) is 18.3. The van der Waals surface area contributed by atoms with Crippen LogP contribution in [0.3, 0.4) is 0 Å². The average molecular weight is 465 g/mol. The van der Waals surface area contributed by atoms with Crippen LogP contribution in [0.15, 0.2) is 49.2 Å². The van der Waals surface area contributed by atoms with Gasteiger partial charge in [-0.25, -0.2) is 15.0 Å². The molecule has 3 aromatic heterocycles. The summed E-state index contributed by atoms with van der Waals surface area (Å²) in [5.41, 5.74) is 2.23. The Hall–Kier alpha value is -3.74. The van der Waals surface area contributed by atoms with E-state index in [4.69, 9.17) is 5.26 Å². The molecule has 0 N–H and O–H groups in total. The van der Waals surface area contributed by atoms with E-state index in [1.165, 1.54) is 30.2 Å². The van der Waals surface area contributed by atoms with Gasteiger partial charge in [-0.15, -0.1) is 0 Å². The molecule has 174 valence electrons. The number of rotatable bonds is 5. The molecule has 4 heterocycles. The number of anilines is 3. The van der Waals surface area contributed by atoms with Crippen molar-refractivity contribution >= 4 is 17.3 Å². The van der Waals surface area contributed by atoms with Crippen LogP contribution in [0, 0.1) is 11.3 Å². The lowest BCUT2D eigenvalue weighted by molar-refractivity contribution is -0.141. The lowest BCUT2D eigenvalue weighted by atomic mass is 10.00. The van der Waals surface area contributed by atoms with E-state index in [2.05, 4.69) is 29.7 Å². The molecule has 0 aromatic carbocycles. The molecule has 2 fully saturated rings. The number of hydrogen-bond donors (Lipinski definition) is 0. The summed E-state index contributed by atoms with van der Waals surface area (Å²) < 4.78 is 39.3. The van der Waals surface area contributed by atoms with Crippen LogP contribution in [-0.2, 0) is 6.18 Å². The number of piperidine rings is 1. The Morgan fingerprint density at radius 3 is 2.26 bits per heavy atom. The topological polar surface area (TPSA) is 81.8 Å². The molecule has 1 aliphatic heterocycles.